The summed E-state index contributed by atoms with van der Waals surface area (Å²) in [6.07, 6.45) is 1.20. The van der Waals surface area contributed by atoms with Gasteiger partial charge < -0.3 is 4.90 Å². The van der Waals surface area contributed by atoms with Crippen molar-refractivity contribution in [3.63, 3.8) is 0 Å². The highest BCUT2D eigenvalue weighted by Gasteiger charge is 2.22. The maximum atomic E-state index is 9.48. The third-order valence-electron chi connectivity index (χ3n) is 3.35. The molecule has 0 saturated carbocycles. The van der Waals surface area contributed by atoms with E-state index < -0.39 is 0 Å². The molecule has 1 unspecified atom stereocenters. The predicted octanol–water partition coefficient (Wildman–Crippen LogP) is 4.00. The minimum atomic E-state index is 0.697. The van der Waals surface area contributed by atoms with Crippen LogP contribution in [-0.2, 0) is 0 Å². The van der Waals surface area contributed by atoms with Crippen molar-refractivity contribution in [1.29, 1.82) is 5.26 Å². The fraction of sp³-hybridized carbons (Fsp3) is 0.533. The zero-order valence-electron chi connectivity index (χ0n) is 11.6. The van der Waals surface area contributed by atoms with E-state index in [2.05, 4.69) is 54.8 Å². The monoisotopic (exact) mass is 292 g/mol. The Kier molecular flexibility index (Phi) is 5.47. The molecule has 0 amide bonds. The summed E-state index contributed by atoms with van der Waals surface area (Å²) >= 11 is 3.82. The number of anilines is 1. The molecule has 0 radical (unpaired) electrons. The van der Waals surface area contributed by atoms with Crippen LogP contribution < -0.4 is 4.90 Å². The highest BCUT2D eigenvalue weighted by molar-refractivity contribution is 8.00. The number of nitriles is 1. The number of thioether (sulfide) groups is 2. The maximum Gasteiger partial charge on any atom is 0.103 e. The second-order valence-corrected chi connectivity index (χ2v) is 7.26. The van der Waals surface area contributed by atoms with E-state index in [-0.39, 0.29) is 0 Å². The smallest absolute Gasteiger partial charge is 0.103 e. The second-order valence-electron chi connectivity index (χ2n) is 4.54. The van der Waals surface area contributed by atoms with Crippen molar-refractivity contribution in [3.05, 3.63) is 23.8 Å². The van der Waals surface area contributed by atoms with Gasteiger partial charge in [0.25, 0.3) is 0 Å². The topological polar surface area (TPSA) is 27.0 Å². The second kappa shape index (κ2) is 7.12. The molecule has 1 aromatic rings. The van der Waals surface area contributed by atoms with E-state index in [0.717, 1.165) is 40.7 Å². The van der Waals surface area contributed by atoms with Crippen molar-refractivity contribution < 1.29 is 0 Å². The van der Waals surface area contributed by atoms with Crippen LogP contribution in [0.3, 0.4) is 0 Å². The van der Waals surface area contributed by atoms with Crippen molar-refractivity contribution in [2.45, 2.75) is 30.4 Å². The van der Waals surface area contributed by atoms with Crippen LogP contribution in [0.2, 0.25) is 0 Å². The van der Waals surface area contributed by atoms with Crippen LogP contribution in [-0.4, -0.2) is 29.8 Å². The van der Waals surface area contributed by atoms with Crippen LogP contribution >= 0.6 is 23.5 Å². The number of nitrogens with zero attached hydrogens (tertiary/aromatic N) is 2. The molecule has 1 aliphatic heterocycles. The van der Waals surface area contributed by atoms with Crippen molar-refractivity contribution in [1.82, 2.24) is 0 Å². The van der Waals surface area contributed by atoms with Crippen LogP contribution in [0.25, 0.3) is 0 Å². The first-order valence-electron chi connectivity index (χ1n) is 6.82. The lowest BCUT2D eigenvalue weighted by molar-refractivity contribution is 0.727. The minimum absolute atomic E-state index is 0.697. The van der Waals surface area contributed by atoms with Gasteiger partial charge in [0, 0.05) is 29.0 Å². The zero-order chi connectivity index (χ0) is 13.7. The fourth-order valence-electron chi connectivity index (χ4n) is 2.36. The molecule has 102 valence electrons. The Morgan fingerprint density at radius 2 is 2.32 bits per heavy atom. The Morgan fingerprint density at radius 3 is 3.00 bits per heavy atom. The van der Waals surface area contributed by atoms with E-state index in [0.29, 0.717) is 5.25 Å². The van der Waals surface area contributed by atoms with Crippen molar-refractivity contribution in [3.8, 4) is 6.07 Å². The number of hydrogen-bond acceptors (Lipinski definition) is 4. The lowest BCUT2D eigenvalue weighted by atomic mass is 10.1. The van der Waals surface area contributed by atoms with E-state index in [1.807, 2.05) is 0 Å². The molecule has 1 aromatic carbocycles. The Balaban J connectivity index is 2.28. The van der Waals surface area contributed by atoms with E-state index >= 15 is 0 Å². The van der Waals surface area contributed by atoms with Gasteiger partial charge in [-0.25, -0.2) is 0 Å². The highest BCUT2D eigenvalue weighted by atomic mass is 32.2. The molecular formula is C15H20N2S2. The normalized spacial score (nSPS) is 19.2. The molecule has 0 aromatic heterocycles. The van der Waals surface area contributed by atoms with Gasteiger partial charge in [0.05, 0.1) is 11.3 Å². The van der Waals surface area contributed by atoms with E-state index in [9.17, 15) is 5.26 Å². The van der Waals surface area contributed by atoms with Gasteiger partial charge >= 0.3 is 0 Å². The standard InChI is InChI=1S/C15H20N2S2/c1-3-12-11-17(8-9-19-12)14-6-5-7-15(18-4-2)13(14)10-16/h5-7,12H,3-4,8-9,11H2,1-2H3. The average molecular weight is 292 g/mol. The van der Waals surface area contributed by atoms with Gasteiger partial charge in [-0.3, -0.25) is 0 Å². The number of benzene rings is 1. The third-order valence-corrected chi connectivity index (χ3v) is 5.66. The summed E-state index contributed by atoms with van der Waals surface area (Å²) in [5.74, 6) is 2.17. The molecule has 0 aliphatic carbocycles. The van der Waals surface area contributed by atoms with Crippen molar-refractivity contribution in [2.75, 3.05) is 29.5 Å². The molecule has 0 N–H and O–H groups in total. The first-order valence-corrected chi connectivity index (χ1v) is 8.86. The molecule has 4 heteroatoms. The van der Waals surface area contributed by atoms with Gasteiger partial charge in [0.1, 0.15) is 6.07 Å². The molecule has 1 heterocycles. The molecular weight excluding hydrogens is 272 g/mol. The van der Waals surface area contributed by atoms with Gasteiger partial charge in [0.2, 0.25) is 0 Å². The van der Waals surface area contributed by atoms with Crippen LogP contribution in [0.4, 0.5) is 5.69 Å². The molecule has 2 rings (SSSR count). The summed E-state index contributed by atoms with van der Waals surface area (Å²) in [6.45, 7) is 6.49. The summed E-state index contributed by atoms with van der Waals surface area (Å²) < 4.78 is 0. The lowest BCUT2D eigenvalue weighted by Gasteiger charge is -2.34. The summed E-state index contributed by atoms with van der Waals surface area (Å²) in [5, 5.41) is 10.2. The van der Waals surface area contributed by atoms with Crippen LogP contribution in [0.1, 0.15) is 25.8 Å². The lowest BCUT2D eigenvalue weighted by Crippen LogP contribution is -2.38. The molecule has 1 fully saturated rings. The number of hydrogen-bond donors (Lipinski definition) is 0. The van der Waals surface area contributed by atoms with E-state index in [4.69, 9.17) is 0 Å². The first kappa shape index (κ1) is 14.6. The van der Waals surface area contributed by atoms with Crippen LogP contribution in [0.15, 0.2) is 23.1 Å². The molecule has 1 aliphatic rings. The summed E-state index contributed by atoms with van der Waals surface area (Å²) in [4.78, 5) is 3.51. The van der Waals surface area contributed by atoms with Gasteiger partial charge in [-0.2, -0.15) is 17.0 Å². The Hall–Kier alpha value is -0.790. The Labute approximate surface area is 124 Å². The maximum absolute atomic E-state index is 9.48. The van der Waals surface area contributed by atoms with E-state index in [1.165, 1.54) is 6.42 Å². The molecule has 0 spiro atoms. The van der Waals surface area contributed by atoms with Crippen LogP contribution in [0.5, 0.6) is 0 Å². The summed E-state index contributed by atoms with van der Waals surface area (Å²) in [7, 11) is 0. The largest absolute Gasteiger partial charge is 0.368 e. The van der Waals surface area contributed by atoms with E-state index in [1.54, 1.807) is 11.8 Å². The van der Waals surface area contributed by atoms with Crippen LogP contribution in [0, 0.1) is 11.3 Å². The third kappa shape index (κ3) is 3.40. The molecule has 0 bridgehead atoms. The molecule has 2 nitrogen and oxygen atoms in total. The minimum Gasteiger partial charge on any atom is -0.368 e. The fourth-order valence-corrected chi connectivity index (χ4v) is 4.32. The Bertz CT molecular complexity index is 468. The molecule has 1 atom stereocenters. The van der Waals surface area contributed by atoms with Gasteiger partial charge in [-0.15, -0.1) is 11.8 Å². The summed E-state index contributed by atoms with van der Waals surface area (Å²) in [6, 6.07) is 8.65. The average Bonchev–Trinajstić information content (AvgIpc) is 2.47. The van der Waals surface area contributed by atoms with Crippen molar-refractivity contribution in [2.24, 2.45) is 0 Å². The van der Waals surface area contributed by atoms with Gasteiger partial charge in [-0.05, 0) is 24.3 Å². The van der Waals surface area contributed by atoms with Crippen molar-refractivity contribution >= 4 is 29.2 Å². The quantitative estimate of drug-likeness (QED) is 0.784. The molecule has 19 heavy (non-hydrogen) atoms. The first-order chi connectivity index (χ1) is 9.30. The highest BCUT2D eigenvalue weighted by Crippen LogP contribution is 2.33. The Morgan fingerprint density at radius 1 is 1.47 bits per heavy atom. The predicted molar refractivity (Wildman–Crippen MR) is 86.3 cm³/mol. The van der Waals surface area contributed by atoms with Gasteiger partial charge in [0.15, 0.2) is 0 Å². The SMILES string of the molecule is CCSc1cccc(N2CCSC(CC)C2)c1C#N. The van der Waals surface area contributed by atoms with Gasteiger partial charge in [-0.1, -0.05) is 19.9 Å². The summed E-state index contributed by atoms with van der Waals surface area (Å²) in [5.41, 5.74) is 1.98. The number of rotatable bonds is 4. The molecule has 1 saturated heterocycles. The zero-order valence-corrected chi connectivity index (χ0v) is 13.2.